The maximum absolute atomic E-state index is 13.3. The number of ether oxygens (including phenoxy) is 5. The number of carbonyl (C=O) groups excluding carboxylic acids is 1. The molecule has 196 valence electrons. The maximum Gasteiger partial charge on any atom is 0.326 e. The number of rotatable bonds is 13. The van der Waals surface area contributed by atoms with Crippen LogP contribution in [0, 0.1) is 0 Å². The van der Waals surface area contributed by atoms with E-state index in [1.54, 1.807) is 7.11 Å². The zero-order valence-electron chi connectivity index (χ0n) is 20.9. The van der Waals surface area contributed by atoms with Gasteiger partial charge in [-0.1, -0.05) is 43.7 Å². The summed E-state index contributed by atoms with van der Waals surface area (Å²) in [4.78, 5) is 30.2. The first-order valence-corrected chi connectivity index (χ1v) is 12.6. The molecule has 2 saturated heterocycles. The van der Waals surface area contributed by atoms with Crippen LogP contribution in [-0.4, -0.2) is 73.4 Å². The molecule has 10 heteroatoms. The predicted molar refractivity (Wildman–Crippen MR) is 132 cm³/mol. The molecule has 0 radical (unpaired) electrons. The van der Waals surface area contributed by atoms with Gasteiger partial charge < -0.3 is 29.0 Å². The minimum atomic E-state index is -0.518. The van der Waals surface area contributed by atoms with Gasteiger partial charge in [-0.05, 0) is 24.8 Å². The first-order valence-electron chi connectivity index (χ1n) is 12.6. The number of carbonyl (C=O) groups is 1. The molecule has 4 atom stereocenters. The summed E-state index contributed by atoms with van der Waals surface area (Å²) in [6.45, 7) is 3.27. The second-order valence-corrected chi connectivity index (χ2v) is 8.96. The van der Waals surface area contributed by atoms with Crippen molar-refractivity contribution in [3.05, 3.63) is 52.4 Å². The number of hydrogen-bond donors (Lipinski definition) is 1. The third kappa shape index (κ3) is 6.43. The van der Waals surface area contributed by atoms with Crippen LogP contribution in [0.2, 0.25) is 0 Å². The van der Waals surface area contributed by atoms with Crippen molar-refractivity contribution in [3.8, 4) is 6.01 Å². The van der Waals surface area contributed by atoms with E-state index in [2.05, 4.69) is 22.4 Å². The molecule has 36 heavy (non-hydrogen) atoms. The topological polar surface area (TPSA) is 110 Å². The van der Waals surface area contributed by atoms with Crippen LogP contribution in [0.1, 0.15) is 31.7 Å². The van der Waals surface area contributed by atoms with E-state index >= 15 is 0 Å². The van der Waals surface area contributed by atoms with Gasteiger partial charge in [-0.25, -0.2) is 9.55 Å². The van der Waals surface area contributed by atoms with Gasteiger partial charge in [0.1, 0.15) is 30.5 Å². The van der Waals surface area contributed by atoms with Gasteiger partial charge in [0, 0.05) is 13.7 Å². The van der Waals surface area contributed by atoms with Gasteiger partial charge in [0.15, 0.2) is 6.10 Å². The zero-order valence-corrected chi connectivity index (χ0v) is 20.9. The SMILES string of the molecule is CCCCOC(=O)Cn1c(O[C@@H]2CO[C@H]3[C@@H]2OC[C@H]3OC)ncc(NCCCc2ccccc2)c1=O. The molecular weight excluding hydrogens is 466 g/mol. The Labute approximate surface area is 210 Å². The van der Waals surface area contributed by atoms with Crippen LogP contribution in [0.15, 0.2) is 41.3 Å². The molecule has 0 amide bonds. The van der Waals surface area contributed by atoms with Crippen molar-refractivity contribution in [1.29, 1.82) is 0 Å². The average molecular weight is 502 g/mol. The lowest BCUT2D eigenvalue weighted by atomic mass is 10.1. The van der Waals surface area contributed by atoms with Crippen LogP contribution in [-0.2, 0) is 36.7 Å². The van der Waals surface area contributed by atoms with Crippen LogP contribution in [0.25, 0.3) is 0 Å². The van der Waals surface area contributed by atoms with E-state index in [4.69, 9.17) is 23.7 Å². The summed E-state index contributed by atoms with van der Waals surface area (Å²) >= 11 is 0. The monoisotopic (exact) mass is 501 g/mol. The number of hydrogen-bond acceptors (Lipinski definition) is 9. The fourth-order valence-electron chi connectivity index (χ4n) is 4.36. The van der Waals surface area contributed by atoms with Gasteiger partial charge in [0.05, 0.1) is 26.0 Å². The highest BCUT2D eigenvalue weighted by Crippen LogP contribution is 2.30. The summed E-state index contributed by atoms with van der Waals surface area (Å²) in [5.74, 6) is -0.518. The molecule has 2 aromatic rings. The van der Waals surface area contributed by atoms with E-state index in [9.17, 15) is 9.59 Å². The number of anilines is 1. The summed E-state index contributed by atoms with van der Waals surface area (Å²) in [6, 6.07) is 10.2. The highest BCUT2D eigenvalue weighted by molar-refractivity contribution is 5.69. The number of methoxy groups -OCH3 is 1. The predicted octanol–water partition coefficient (Wildman–Crippen LogP) is 2.19. The van der Waals surface area contributed by atoms with Crippen molar-refractivity contribution in [2.45, 2.75) is 63.6 Å². The van der Waals surface area contributed by atoms with Crippen molar-refractivity contribution in [1.82, 2.24) is 9.55 Å². The fraction of sp³-hybridized carbons (Fsp3) is 0.577. The smallest absolute Gasteiger partial charge is 0.326 e. The lowest BCUT2D eigenvalue weighted by molar-refractivity contribution is -0.144. The number of benzene rings is 1. The summed E-state index contributed by atoms with van der Waals surface area (Å²) in [6.07, 6.45) is 3.58. The highest BCUT2D eigenvalue weighted by atomic mass is 16.6. The summed E-state index contributed by atoms with van der Waals surface area (Å²) in [5.41, 5.74) is 1.13. The van der Waals surface area contributed by atoms with Gasteiger partial charge in [-0.3, -0.25) is 9.59 Å². The molecule has 2 fully saturated rings. The average Bonchev–Trinajstić information content (AvgIpc) is 3.48. The largest absolute Gasteiger partial charge is 0.464 e. The standard InChI is InChI=1S/C26H35N3O7/c1-3-4-13-33-22(30)15-29-25(31)19(27-12-8-11-18-9-6-5-7-10-18)14-28-26(29)36-21-17-35-23-20(32-2)16-34-24(21)23/h5-7,9-10,14,20-21,23-24,27H,3-4,8,11-13,15-17H2,1-2H3/t20-,21-,23-,24-/m1/s1. The highest BCUT2D eigenvalue weighted by Gasteiger charge is 2.49. The fourth-order valence-corrected chi connectivity index (χ4v) is 4.36. The van der Waals surface area contributed by atoms with Gasteiger partial charge >= 0.3 is 5.97 Å². The van der Waals surface area contributed by atoms with Gasteiger partial charge in [-0.15, -0.1) is 0 Å². The van der Waals surface area contributed by atoms with E-state index in [1.807, 2.05) is 25.1 Å². The Bertz CT molecular complexity index is 1050. The molecule has 0 bridgehead atoms. The Morgan fingerprint density at radius 3 is 2.64 bits per heavy atom. The molecule has 3 heterocycles. The first-order chi connectivity index (χ1) is 17.6. The first kappa shape index (κ1) is 26.1. The van der Waals surface area contributed by atoms with E-state index in [0.717, 1.165) is 25.7 Å². The molecular formula is C26H35N3O7. The Morgan fingerprint density at radius 2 is 1.89 bits per heavy atom. The van der Waals surface area contributed by atoms with E-state index in [0.29, 0.717) is 25.4 Å². The quantitative estimate of drug-likeness (QED) is 0.326. The minimum Gasteiger partial charge on any atom is -0.464 e. The lowest BCUT2D eigenvalue weighted by Crippen LogP contribution is -2.37. The molecule has 1 N–H and O–H groups in total. The molecule has 2 aliphatic rings. The third-order valence-electron chi connectivity index (χ3n) is 6.38. The number of aryl methyl sites for hydroxylation is 1. The second-order valence-electron chi connectivity index (χ2n) is 8.96. The van der Waals surface area contributed by atoms with Crippen LogP contribution in [0.4, 0.5) is 5.69 Å². The van der Waals surface area contributed by atoms with Crippen LogP contribution in [0.3, 0.4) is 0 Å². The Balaban J connectivity index is 1.45. The van der Waals surface area contributed by atoms with E-state index in [1.165, 1.54) is 16.3 Å². The number of esters is 1. The minimum absolute atomic E-state index is 0.0287. The number of nitrogens with zero attached hydrogens (tertiary/aromatic N) is 2. The normalized spacial score (nSPS) is 22.8. The molecule has 0 unspecified atom stereocenters. The number of nitrogens with one attached hydrogen (secondary N) is 1. The van der Waals surface area contributed by atoms with Gasteiger partial charge in [-0.2, -0.15) is 0 Å². The molecule has 1 aromatic heterocycles. The Kier molecular flexibility index (Phi) is 9.32. The second kappa shape index (κ2) is 12.8. The van der Waals surface area contributed by atoms with Crippen molar-refractivity contribution < 1.29 is 28.5 Å². The van der Waals surface area contributed by atoms with E-state index in [-0.39, 0.29) is 37.5 Å². The summed E-state index contributed by atoms with van der Waals surface area (Å²) in [7, 11) is 1.61. The van der Waals surface area contributed by atoms with Gasteiger partial charge in [0.2, 0.25) is 0 Å². The maximum atomic E-state index is 13.3. The van der Waals surface area contributed by atoms with Crippen LogP contribution in [0.5, 0.6) is 6.01 Å². The number of aromatic nitrogens is 2. The van der Waals surface area contributed by atoms with Crippen molar-refractivity contribution >= 4 is 11.7 Å². The third-order valence-corrected chi connectivity index (χ3v) is 6.38. The van der Waals surface area contributed by atoms with Crippen LogP contribution >= 0.6 is 0 Å². The molecule has 0 spiro atoms. The van der Waals surface area contributed by atoms with Crippen molar-refractivity contribution in [2.24, 2.45) is 0 Å². The van der Waals surface area contributed by atoms with Crippen molar-refractivity contribution in [2.75, 3.05) is 38.8 Å². The Hall–Kier alpha value is -2.95. The molecule has 0 saturated carbocycles. The van der Waals surface area contributed by atoms with Crippen LogP contribution < -0.4 is 15.6 Å². The molecule has 2 aliphatic heterocycles. The number of fused-ring (bicyclic) bond motifs is 1. The van der Waals surface area contributed by atoms with E-state index < -0.39 is 17.6 Å². The zero-order chi connectivity index (χ0) is 25.3. The number of unbranched alkanes of at least 4 members (excludes halogenated alkanes) is 1. The molecule has 1 aromatic carbocycles. The summed E-state index contributed by atoms with van der Waals surface area (Å²) in [5, 5.41) is 3.15. The van der Waals surface area contributed by atoms with Crippen molar-refractivity contribution in [3.63, 3.8) is 0 Å². The molecule has 10 nitrogen and oxygen atoms in total. The molecule has 0 aliphatic carbocycles. The summed E-state index contributed by atoms with van der Waals surface area (Å²) < 4.78 is 29.6. The van der Waals surface area contributed by atoms with Gasteiger partial charge in [0.25, 0.3) is 11.6 Å². The Morgan fingerprint density at radius 1 is 1.14 bits per heavy atom. The lowest BCUT2D eigenvalue weighted by Gasteiger charge is -2.20. The molecule has 4 rings (SSSR count).